The highest BCUT2D eigenvalue weighted by atomic mass is 15.2. The number of rotatable bonds is 12. The predicted octanol–water partition coefficient (Wildman–Crippen LogP) is 14.8. The van der Waals surface area contributed by atoms with E-state index in [0.29, 0.717) is 5.92 Å². The summed E-state index contributed by atoms with van der Waals surface area (Å²) < 4.78 is 0. The van der Waals surface area contributed by atoms with Crippen LogP contribution in [0.25, 0.3) is 35.1 Å². The zero-order valence-electron chi connectivity index (χ0n) is 41.4. The Morgan fingerprint density at radius 1 is 0.397 bits per heavy atom. The van der Waals surface area contributed by atoms with E-state index in [0.717, 1.165) is 58.3 Å². The Morgan fingerprint density at radius 3 is 1.53 bits per heavy atom. The van der Waals surface area contributed by atoms with Crippen molar-refractivity contribution in [3.8, 4) is 0 Å². The summed E-state index contributed by atoms with van der Waals surface area (Å²) in [6.45, 7) is 4.67. The monoisotopic (exact) mass is 942 g/mol. The van der Waals surface area contributed by atoms with E-state index < -0.39 is 0 Å². The molecule has 4 heteroatoms. The molecule has 0 N–H and O–H groups in total. The maximum Gasteiger partial charge on any atom is 0.0649 e. The number of anilines is 9. The molecule has 9 aromatic rings. The zero-order chi connectivity index (χ0) is 49.1. The second-order valence-corrected chi connectivity index (χ2v) is 19.6. The van der Waals surface area contributed by atoms with Gasteiger partial charge in [0.2, 0.25) is 0 Å². The van der Waals surface area contributed by atoms with E-state index in [1.54, 1.807) is 0 Å². The number of benzene rings is 9. The fourth-order valence-electron chi connectivity index (χ4n) is 11.1. The van der Waals surface area contributed by atoms with Crippen molar-refractivity contribution < 1.29 is 0 Å². The van der Waals surface area contributed by atoms with Crippen LogP contribution in [0.4, 0.5) is 51.2 Å². The normalized spacial score (nSPS) is 17.5. The average molecular weight is 943 g/mol. The van der Waals surface area contributed by atoms with Gasteiger partial charge in [0.05, 0.1) is 11.6 Å². The Labute approximate surface area is 429 Å². The molecule has 0 aliphatic heterocycles. The van der Waals surface area contributed by atoms with Crippen molar-refractivity contribution in [3.63, 3.8) is 0 Å². The van der Waals surface area contributed by atoms with Gasteiger partial charge in [-0.15, -0.1) is 0 Å². The van der Waals surface area contributed by atoms with Crippen molar-refractivity contribution in [3.05, 3.63) is 281 Å². The molecule has 3 aliphatic rings. The van der Waals surface area contributed by atoms with Crippen LogP contribution in [0.1, 0.15) is 26.7 Å². The lowest BCUT2D eigenvalue weighted by Gasteiger charge is -2.42. The van der Waals surface area contributed by atoms with Gasteiger partial charge in [-0.1, -0.05) is 171 Å². The fourth-order valence-corrected chi connectivity index (χ4v) is 11.1. The van der Waals surface area contributed by atoms with Crippen molar-refractivity contribution in [2.24, 2.45) is 5.92 Å². The van der Waals surface area contributed by atoms with Crippen LogP contribution in [-0.2, 0) is 0 Å². The van der Waals surface area contributed by atoms with Crippen LogP contribution in [0.2, 0.25) is 0 Å². The van der Waals surface area contributed by atoms with Gasteiger partial charge in [0.1, 0.15) is 0 Å². The fraction of sp³-hybridized carbons (Fsp3) is 0.101. The Bertz CT molecular complexity index is 3780. The quantitative estimate of drug-likeness (QED) is 0.121. The van der Waals surface area contributed by atoms with Crippen molar-refractivity contribution in [2.75, 3.05) is 19.6 Å². The third-order valence-corrected chi connectivity index (χ3v) is 14.8. The number of fused-ring (bicyclic) bond motifs is 3. The molecule has 0 saturated heterocycles. The summed E-state index contributed by atoms with van der Waals surface area (Å²) in [4.78, 5) is 9.79. The first kappa shape index (κ1) is 45.3. The molecule has 0 spiro atoms. The molecule has 0 aromatic heterocycles. The van der Waals surface area contributed by atoms with Gasteiger partial charge in [-0.25, -0.2) is 0 Å². The van der Waals surface area contributed by atoms with Gasteiger partial charge in [-0.05, 0) is 166 Å². The second-order valence-electron chi connectivity index (χ2n) is 19.6. The third-order valence-electron chi connectivity index (χ3n) is 14.8. The molecule has 0 radical (unpaired) electrons. The summed E-state index contributed by atoms with van der Waals surface area (Å²) in [7, 11) is 0. The molecule has 12 rings (SSSR count). The van der Waals surface area contributed by atoms with E-state index in [9.17, 15) is 0 Å². The van der Waals surface area contributed by atoms with Gasteiger partial charge in [0.15, 0.2) is 0 Å². The topological polar surface area (TPSA) is 13.0 Å². The van der Waals surface area contributed by atoms with E-state index in [1.165, 1.54) is 43.0 Å². The van der Waals surface area contributed by atoms with Crippen LogP contribution in [0.15, 0.2) is 261 Å². The Morgan fingerprint density at radius 2 is 0.877 bits per heavy atom. The van der Waals surface area contributed by atoms with Crippen LogP contribution >= 0.6 is 0 Å². The van der Waals surface area contributed by atoms with E-state index in [2.05, 4.69) is 313 Å². The van der Waals surface area contributed by atoms with Gasteiger partial charge < -0.3 is 19.6 Å². The molecule has 0 saturated carbocycles. The van der Waals surface area contributed by atoms with Crippen LogP contribution in [0.5, 0.6) is 0 Å². The van der Waals surface area contributed by atoms with Crippen LogP contribution in [0.3, 0.4) is 0 Å². The molecule has 0 bridgehead atoms. The highest BCUT2D eigenvalue weighted by molar-refractivity contribution is 5.88. The molecule has 73 heavy (non-hydrogen) atoms. The first-order valence-corrected chi connectivity index (χ1v) is 25.6. The SMILES string of the molecule is CC1C=CC=CC1N(c1ccc(N(c2ccc(N(C3=CC=c4ccccc4=CC3)c3ccccc3)cc2)c2ccc(N(c3ccccc3)C3(C)C=c4ccccc4=CC3)cc2)cc1)c1ccc2ccccc2c1. The van der Waals surface area contributed by atoms with Crippen LogP contribution < -0.4 is 40.5 Å². The molecule has 3 aliphatic carbocycles. The molecule has 3 atom stereocenters. The van der Waals surface area contributed by atoms with Gasteiger partial charge in [-0.3, -0.25) is 0 Å². The number of para-hydroxylation sites is 2. The lowest BCUT2D eigenvalue weighted by atomic mass is 9.88. The van der Waals surface area contributed by atoms with Gasteiger partial charge in [-0.2, -0.15) is 0 Å². The van der Waals surface area contributed by atoms with Gasteiger partial charge in [0, 0.05) is 63.3 Å². The van der Waals surface area contributed by atoms with E-state index in [1.807, 2.05) is 0 Å². The minimum atomic E-state index is -0.296. The van der Waals surface area contributed by atoms with Crippen molar-refractivity contribution in [1.82, 2.24) is 0 Å². The van der Waals surface area contributed by atoms with Crippen molar-refractivity contribution >= 4 is 86.3 Å². The molecule has 0 amide bonds. The highest BCUT2D eigenvalue weighted by Crippen LogP contribution is 2.43. The second kappa shape index (κ2) is 19.7. The molecule has 0 heterocycles. The Balaban J connectivity index is 0.957. The van der Waals surface area contributed by atoms with E-state index >= 15 is 0 Å². The molecular weight excluding hydrogens is 885 g/mol. The lowest BCUT2D eigenvalue weighted by molar-refractivity contribution is 0.609. The molecule has 354 valence electrons. The minimum Gasteiger partial charge on any atom is -0.334 e. The number of nitrogens with zero attached hydrogens (tertiary/aromatic N) is 4. The largest absolute Gasteiger partial charge is 0.334 e. The van der Waals surface area contributed by atoms with Crippen LogP contribution in [0, 0.1) is 5.92 Å². The summed E-state index contributed by atoms with van der Waals surface area (Å²) >= 11 is 0. The number of hydrogen-bond acceptors (Lipinski definition) is 4. The zero-order valence-corrected chi connectivity index (χ0v) is 41.4. The van der Waals surface area contributed by atoms with Crippen molar-refractivity contribution in [1.29, 1.82) is 0 Å². The maximum atomic E-state index is 2.50. The van der Waals surface area contributed by atoms with Crippen LogP contribution in [-0.4, -0.2) is 11.6 Å². The first-order chi connectivity index (χ1) is 36.0. The highest BCUT2D eigenvalue weighted by Gasteiger charge is 2.32. The minimum absolute atomic E-state index is 0.149. The average Bonchev–Trinajstić information content (AvgIpc) is 3.66. The summed E-state index contributed by atoms with van der Waals surface area (Å²) in [6.07, 6.45) is 22.4. The number of hydrogen-bond donors (Lipinski definition) is 0. The predicted molar refractivity (Wildman–Crippen MR) is 311 cm³/mol. The smallest absolute Gasteiger partial charge is 0.0649 e. The van der Waals surface area contributed by atoms with Gasteiger partial charge >= 0.3 is 0 Å². The third kappa shape index (κ3) is 9.09. The summed E-state index contributed by atoms with van der Waals surface area (Å²) in [5.41, 5.74) is 10.9. The summed E-state index contributed by atoms with van der Waals surface area (Å²) in [5, 5.41) is 7.51. The van der Waals surface area contributed by atoms with E-state index in [4.69, 9.17) is 0 Å². The molecule has 3 unspecified atom stereocenters. The standard InChI is InChI=1S/C69H58N4/c1-51-17-9-16-28-68(51)72(67-34-31-54-20-12-14-22-56(54)49-67)64-41-39-62(40-42-64)71(61-37-35-60(36-38-61)70(58-24-5-3-6-25-58)59-32-29-52-18-10-11-19-53(52)30-33-59)63-43-45-66(46-44-63)73(65-26-7-4-8-27-65)69(2)48-47-55-21-13-15-23-57(55)50-69/h3-32,34-47,49-51,68H,33,48H2,1-2H3. The molecule has 4 nitrogen and oxygen atoms in total. The Kier molecular flexibility index (Phi) is 12.2. The van der Waals surface area contributed by atoms with Gasteiger partial charge in [0.25, 0.3) is 0 Å². The summed E-state index contributed by atoms with van der Waals surface area (Å²) in [5.74, 6) is 0.316. The summed E-state index contributed by atoms with van der Waals surface area (Å²) in [6, 6.07) is 82.0. The van der Waals surface area contributed by atoms with E-state index in [-0.39, 0.29) is 11.6 Å². The van der Waals surface area contributed by atoms with Crippen molar-refractivity contribution in [2.45, 2.75) is 38.3 Å². The maximum absolute atomic E-state index is 2.50. The molecule has 9 aromatic carbocycles. The molecular formula is C69H58N4. The number of allylic oxidation sites excluding steroid dienone is 4. The first-order valence-electron chi connectivity index (χ1n) is 25.6. The lowest BCUT2D eigenvalue weighted by Crippen LogP contribution is -2.47. The Hall–Kier alpha value is -8.86. The molecule has 0 fully saturated rings.